The van der Waals surface area contributed by atoms with E-state index in [1.165, 1.54) is 6.08 Å². The Morgan fingerprint density at radius 1 is 1.36 bits per heavy atom. The molecule has 0 unspecified atom stereocenters. The van der Waals surface area contributed by atoms with Gasteiger partial charge in [-0.2, -0.15) is 5.10 Å². The molecule has 1 amide bonds. The topological polar surface area (TPSA) is 67.2 Å². The number of aliphatic hydroxyl groups is 1. The third-order valence-electron chi connectivity index (χ3n) is 3.75. The summed E-state index contributed by atoms with van der Waals surface area (Å²) in [5.74, 6) is 0.128. The number of aromatic nitrogens is 2. The van der Waals surface area contributed by atoms with Crippen molar-refractivity contribution in [2.45, 2.75) is 33.4 Å². The van der Waals surface area contributed by atoms with Crippen molar-refractivity contribution in [2.24, 2.45) is 5.92 Å². The molecule has 134 valence electrons. The van der Waals surface area contributed by atoms with Crippen LogP contribution in [0.1, 0.15) is 36.7 Å². The first-order valence-electron chi connectivity index (χ1n) is 8.29. The number of amides is 1. The van der Waals surface area contributed by atoms with E-state index in [0.717, 1.165) is 23.4 Å². The van der Waals surface area contributed by atoms with E-state index in [0.29, 0.717) is 11.1 Å². The van der Waals surface area contributed by atoms with Crippen molar-refractivity contribution in [1.29, 1.82) is 0 Å². The Bertz CT molecular complexity index is 739. The molecule has 2 rings (SSSR count). The van der Waals surface area contributed by atoms with Crippen molar-refractivity contribution in [3.05, 3.63) is 58.4 Å². The fourth-order valence-corrected chi connectivity index (χ4v) is 2.83. The highest BCUT2D eigenvalue weighted by molar-refractivity contribution is 6.31. The molecular formula is C19H24ClN3O2. The fraction of sp³-hybridized carbons (Fsp3) is 0.368. The molecule has 0 radical (unpaired) electrons. The summed E-state index contributed by atoms with van der Waals surface area (Å²) in [5, 5.41) is 17.2. The van der Waals surface area contributed by atoms with E-state index in [4.69, 9.17) is 11.6 Å². The van der Waals surface area contributed by atoms with Gasteiger partial charge in [-0.1, -0.05) is 55.8 Å². The molecular weight excluding hydrogens is 338 g/mol. The van der Waals surface area contributed by atoms with Gasteiger partial charge in [0.05, 0.1) is 18.3 Å². The predicted molar refractivity (Wildman–Crippen MR) is 100 cm³/mol. The number of carbonyl (C=O) groups is 1. The van der Waals surface area contributed by atoms with Gasteiger partial charge in [0.2, 0.25) is 5.91 Å². The molecule has 5 nitrogen and oxygen atoms in total. The third-order valence-corrected chi connectivity index (χ3v) is 4.15. The molecule has 0 aliphatic carbocycles. The van der Waals surface area contributed by atoms with Crippen molar-refractivity contribution in [2.75, 3.05) is 6.61 Å². The van der Waals surface area contributed by atoms with E-state index in [-0.39, 0.29) is 12.5 Å². The lowest BCUT2D eigenvalue weighted by atomic mass is 10.1. The molecule has 0 saturated heterocycles. The minimum atomic E-state index is -0.446. The number of nitrogens with zero attached hydrogens (tertiary/aromatic N) is 2. The monoisotopic (exact) mass is 361 g/mol. The molecule has 0 aliphatic rings. The molecule has 0 aliphatic heterocycles. The second-order valence-electron chi connectivity index (χ2n) is 6.35. The number of carbonyl (C=O) groups excluding carboxylic acids is 1. The summed E-state index contributed by atoms with van der Waals surface area (Å²) in [4.78, 5) is 12.2. The molecule has 1 aromatic heterocycles. The molecule has 0 spiro atoms. The maximum absolute atomic E-state index is 12.2. The maximum atomic E-state index is 12.2. The van der Waals surface area contributed by atoms with Crippen LogP contribution in [-0.4, -0.2) is 27.4 Å². The quantitative estimate of drug-likeness (QED) is 0.743. The molecule has 0 fully saturated rings. The standard InChI is InChI=1S/C19H24ClN3O2/c1-13(2)11-23-19(20)16(14(3)22-23)9-10-18(25)21-17(12-24)15-7-5-4-6-8-15/h4-10,13,17,24H,11-12H2,1-3H3,(H,21,25)/b10-9+/t17-/m0/s1. The molecule has 6 heteroatoms. The summed E-state index contributed by atoms with van der Waals surface area (Å²) in [6.07, 6.45) is 3.08. The molecule has 1 atom stereocenters. The average molecular weight is 362 g/mol. The normalized spacial score (nSPS) is 12.7. The first kappa shape index (κ1) is 19.2. The maximum Gasteiger partial charge on any atom is 0.244 e. The Labute approximate surface area is 153 Å². The van der Waals surface area contributed by atoms with Crippen molar-refractivity contribution in [3.8, 4) is 0 Å². The predicted octanol–water partition coefficient (Wildman–Crippen LogP) is 3.36. The summed E-state index contributed by atoms with van der Waals surface area (Å²) in [7, 11) is 0. The average Bonchev–Trinajstić information content (AvgIpc) is 2.84. The first-order valence-corrected chi connectivity index (χ1v) is 8.67. The van der Waals surface area contributed by atoms with E-state index in [1.54, 1.807) is 10.8 Å². The van der Waals surface area contributed by atoms with E-state index in [1.807, 2.05) is 37.3 Å². The summed E-state index contributed by atoms with van der Waals surface area (Å²) < 4.78 is 1.75. The van der Waals surface area contributed by atoms with Crippen LogP contribution in [0.4, 0.5) is 0 Å². The van der Waals surface area contributed by atoms with Crippen LogP contribution in [0, 0.1) is 12.8 Å². The zero-order valence-corrected chi connectivity index (χ0v) is 15.5. The minimum Gasteiger partial charge on any atom is -0.394 e. The van der Waals surface area contributed by atoms with Gasteiger partial charge in [-0.25, -0.2) is 0 Å². The molecule has 2 aromatic rings. The van der Waals surface area contributed by atoms with Gasteiger partial charge in [0.25, 0.3) is 0 Å². The van der Waals surface area contributed by atoms with E-state index in [9.17, 15) is 9.90 Å². The fourth-order valence-electron chi connectivity index (χ4n) is 2.52. The van der Waals surface area contributed by atoms with Gasteiger partial charge < -0.3 is 10.4 Å². The van der Waals surface area contributed by atoms with Crippen molar-refractivity contribution < 1.29 is 9.90 Å². The highest BCUT2D eigenvalue weighted by Crippen LogP contribution is 2.22. The van der Waals surface area contributed by atoms with Crippen LogP contribution in [0.2, 0.25) is 5.15 Å². The van der Waals surface area contributed by atoms with Crippen molar-refractivity contribution in [1.82, 2.24) is 15.1 Å². The van der Waals surface area contributed by atoms with Gasteiger partial charge in [0, 0.05) is 18.2 Å². The van der Waals surface area contributed by atoms with Gasteiger partial charge in [0.1, 0.15) is 5.15 Å². The van der Waals surface area contributed by atoms with Gasteiger partial charge >= 0.3 is 0 Å². The zero-order valence-electron chi connectivity index (χ0n) is 14.7. The van der Waals surface area contributed by atoms with E-state index < -0.39 is 6.04 Å². The number of nitrogens with one attached hydrogen (secondary N) is 1. The Kier molecular flexibility index (Phi) is 6.79. The molecule has 0 saturated carbocycles. The van der Waals surface area contributed by atoms with Crippen molar-refractivity contribution in [3.63, 3.8) is 0 Å². The summed E-state index contributed by atoms with van der Waals surface area (Å²) in [6.45, 7) is 6.60. The van der Waals surface area contributed by atoms with Crippen LogP contribution in [0.5, 0.6) is 0 Å². The third kappa shape index (κ3) is 5.18. The molecule has 1 aromatic carbocycles. The van der Waals surface area contributed by atoms with E-state index >= 15 is 0 Å². The summed E-state index contributed by atoms with van der Waals surface area (Å²) in [5.41, 5.74) is 2.36. The van der Waals surface area contributed by atoms with Crippen LogP contribution < -0.4 is 5.32 Å². The zero-order chi connectivity index (χ0) is 18.4. The summed E-state index contributed by atoms with van der Waals surface area (Å²) >= 11 is 6.36. The van der Waals surface area contributed by atoms with Crippen LogP contribution in [0.15, 0.2) is 36.4 Å². The number of rotatable bonds is 7. The number of hydrogen-bond donors (Lipinski definition) is 2. The largest absolute Gasteiger partial charge is 0.394 e. The second kappa shape index (κ2) is 8.83. The van der Waals surface area contributed by atoms with Crippen LogP contribution in [0.25, 0.3) is 6.08 Å². The highest BCUT2D eigenvalue weighted by Gasteiger charge is 2.14. The SMILES string of the molecule is Cc1nn(CC(C)C)c(Cl)c1/C=C/C(=O)N[C@@H](CO)c1ccccc1. The second-order valence-corrected chi connectivity index (χ2v) is 6.71. The van der Waals surface area contributed by atoms with Gasteiger partial charge in [-0.15, -0.1) is 0 Å². The Balaban J connectivity index is 2.08. The Morgan fingerprint density at radius 3 is 2.64 bits per heavy atom. The van der Waals surface area contributed by atoms with E-state index in [2.05, 4.69) is 24.3 Å². The number of aryl methyl sites for hydroxylation is 1. The molecule has 0 bridgehead atoms. The lowest BCUT2D eigenvalue weighted by molar-refractivity contribution is -0.117. The number of hydrogen-bond acceptors (Lipinski definition) is 3. The smallest absolute Gasteiger partial charge is 0.244 e. The van der Waals surface area contributed by atoms with Gasteiger partial charge in [-0.3, -0.25) is 9.48 Å². The van der Waals surface area contributed by atoms with Gasteiger partial charge in [-0.05, 0) is 24.5 Å². The highest BCUT2D eigenvalue weighted by atomic mass is 35.5. The molecule has 1 heterocycles. The van der Waals surface area contributed by atoms with Crippen LogP contribution >= 0.6 is 11.6 Å². The minimum absolute atomic E-state index is 0.171. The molecule has 2 N–H and O–H groups in total. The lowest BCUT2D eigenvalue weighted by Gasteiger charge is -2.15. The first-order chi connectivity index (χ1) is 11.9. The van der Waals surface area contributed by atoms with Crippen LogP contribution in [0.3, 0.4) is 0 Å². The van der Waals surface area contributed by atoms with Gasteiger partial charge in [0.15, 0.2) is 0 Å². The Morgan fingerprint density at radius 2 is 2.04 bits per heavy atom. The van der Waals surface area contributed by atoms with Crippen molar-refractivity contribution >= 4 is 23.6 Å². The number of aliphatic hydroxyl groups excluding tert-OH is 1. The van der Waals surface area contributed by atoms with Crippen LogP contribution in [-0.2, 0) is 11.3 Å². The number of benzene rings is 1. The Hall–Kier alpha value is -2.11. The molecule has 25 heavy (non-hydrogen) atoms. The lowest BCUT2D eigenvalue weighted by Crippen LogP contribution is -2.29. The number of halogens is 1. The summed E-state index contributed by atoms with van der Waals surface area (Å²) in [6, 6.07) is 8.90.